The Bertz CT molecular complexity index is 334. The lowest BCUT2D eigenvalue weighted by atomic mass is 10.1. The first-order valence-electron chi connectivity index (χ1n) is 6.83. The summed E-state index contributed by atoms with van der Waals surface area (Å²) in [6.07, 6.45) is 0. The van der Waals surface area contributed by atoms with E-state index >= 15 is 0 Å². The molecule has 0 aliphatic carbocycles. The summed E-state index contributed by atoms with van der Waals surface area (Å²) in [5.74, 6) is 2.08. The number of nitrogens with one attached hydrogen (secondary N) is 1. The quantitative estimate of drug-likeness (QED) is 0.723. The van der Waals surface area contributed by atoms with Crippen LogP contribution in [0.2, 0.25) is 0 Å². The maximum Gasteiger partial charge on any atom is 0.139 e. The number of aromatic nitrogens is 1. The Labute approximate surface area is 111 Å². The van der Waals surface area contributed by atoms with Gasteiger partial charge in [0.2, 0.25) is 0 Å². The van der Waals surface area contributed by atoms with E-state index in [1.807, 2.05) is 0 Å². The topological polar surface area (TPSA) is 41.3 Å². The standard InChI is InChI=1S/C14H27N3O/c1-11(2)9-15-6-7-17(5)10-13-8-14(12(3)4)18-16-13/h8,11-12,15H,6-7,9-10H2,1-5H3. The molecule has 0 fully saturated rings. The van der Waals surface area contributed by atoms with E-state index in [-0.39, 0.29) is 0 Å². The van der Waals surface area contributed by atoms with Gasteiger partial charge in [-0.3, -0.25) is 4.90 Å². The second-order valence-electron chi connectivity index (χ2n) is 5.71. The molecule has 0 saturated carbocycles. The molecule has 0 atom stereocenters. The number of hydrogen-bond donors (Lipinski definition) is 1. The molecule has 1 rings (SSSR count). The minimum Gasteiger partial charge on any atom is -0.361 e. The maximum atomic E-state index is 5.29. The van der Waals surface area contributed by atoms with E-state index in [0.29, 0.717) is 11.8 Å². The van der Waals surface area contributed by atoms with Gasteiger partial charge in [-0.25, -0.2) is 0 Å². The molecule has 1 N–H and O–H groups in total. The Hall–Kier alpha value is -0.870. The van der Waals surface area contributed by atoms with Crippen LogP contribution in [0.1, 0.15) is 45.1 Å². The van der Waals surface area contributed by atoms with Crippen LogP contribution in [0.25, 0.3) is 0 Å². The SMILES string of the molecule is CC(C)CNCCN(C)Cc1cc(C(C)C)on1. The monoisotopic (exact) mass is 253 g/mol. The second-order valence-corrected chi connectivity index (χ2v) is 5.71. The molecule has 1 aromatic rings. The van der Waals surface area contributed by atoms with Crippen molar-refractivity contribution in [1.82, 2.24) is 15.4 Å². The molecule has 0 saturated heterocycles. The van der Waals surface area contributed by atoms with E-state index in [1.54, 1.807) is 0 Å². The third kappa shape index (κ3) is 5.65. The molecule has 1 heterocycles. The summed E-state index contributed by atoms with van der Waals surface area (Å²) in [7, 11) is 2.11. The van der Waals surface area contributed by atoms with Gasteiger partial charge in [-0.15, -0.1) is 0 Å². The van der Waals surface area contributed by atoms with E-state index in [4.69, 9.17) is 4.52 Å². The third-order valence-electron chi connectivity index (χ3n) is 2.80. The van der Waals surface area contributed by atoms with Crippen LogP contribution in [0.3, 0.4) is 0 Å². The highest BCUT2D eigenvalue weighted by Gasteiger charge is 2.09. The van der Waals surface area contributed by atoms with Gasteiger partial charge in [0.1, 0.15) is 5.76 Å². The van der Waals surface area contributed by atoms with Gasteiger partial charge in [0.25, 0.3) is 0 Å². The minimum atomic E-state index is 0.407. The number of hydrogen-bond acceptors (Lipinski definition) is 4. The third-order valence-corrected chi connectivity index (χ3v) is 2.80. The van der Waals surface area contributed by atoms with Crippen LogP contribution in [0.4, 0.5) is 0 Å². The van der Waals surface area contributed by atoms with Crippen molar-refractivity contribution < 1.29 is 4.52 Å². The van der Waals surface area contributed by atoms with Gasteiger partial charge in [-0.2, -0.15) is 0 Å². The molecule has 0 aliphatic rings. The molecular weight excluding hydrogens is 226 g/mol. The number of rotatable bonds is 8. The van der Waals surface area contributed by atoms with Gasteiger partial charge in [0, 0.05) is 31.6 Å². The molecule has 0 unspecified atom stereocenters. The van der Waals surface area contributed by atoms with Crippen molar-refractivity contribution in [3.8, 4) is 0 Å². The van der Waals surface area contributed by atoms with Crippen molar-refractivity contribution in [2.45, 2.75) is 40.2 Å². The number of nitrogens with zero attached hydrogens (tertiary/aromatic N) is 2. The highest BCUT2D eigenvalue weighted by molar-refractivity contribution is 5.08. The fourth-order valence-electron chi connectivity index (χ4n) is 1.69. The van der Waals surface area contributed by atoms with Gasteiger partial charge >= 0.3 is 0 Å². The largest absolute Gasteiger partial charge is 0.361 e. The smallest absolute Gasteiger partial charge is 0.139 e. The van der Waals surface area contributed by atoms with Gasteiger partial charge in [-0.1, -0.05) is 32.9 Å². The van der Waals surface area contributed by atoms with Crippen LogP contribution in [0.15, 0.2) is 10.6 Å². The van der Waals surface area contributed by atoms with Crippen molar-refractivity contribution >= 4 is 0 Å². The molecule has 0 aliphatic heterocycles. The molecular formula is C14H27N3O. The summed E-state index contributed by atoms with van der Waals surface area (Å²) in [6.45, 7) is 12.6. The van der Waals surface area contributed by atoms with Crippen LogP contribution in [-0.2, 0) is 6.54 Å². The van der Waals surface area contributed by atoms with E-state index in [0.717, 1.165) is 37.6 Å². The van der Waals surface area contributed by atoms with Gasteiger partial charge in [0.05, 0.1) is 5.69 Å². The fraction of sp³-hybridized carbons (Fsp3) is 0.786. The lowest BCUT2D eigenvalue weighted by molar-refractivity contribution is 0.303. The van der Waals surface area contributed by atoms with Gasteiger partial charge < -0.3 is 9.84 Å². The Morgan fingerprint density at radius 3 is 2.61 bits per heavy atom. The Morgan fingerprint density at radius 2 is 2.06 bits per heavy atom. The summed E-state index contributed by atoms with van der Waals surface area (Å²) < 4.78 is 5.29. The Kier molecular flexibility index (Phi) is 6.36. The molecule has 0 spiro atoms. The lowest BCUT2D eigenvalue weighted by Gasteiger charge is -2.15. The Balaban J connectivity index is 2.24. The molecule has 0 bridgehead atoms. The lowest BCUT2D eigenvalue weighted by Crippen LogP contribution is -2.30. The van der Waals surface area contributed by atoms with Crippen LogP contribution < -0.4 is 5.32 Å². The number of likely N-dealkylation sites (N-methyl/N-ethyl adjacent to an activating group) is 1. The fourth-order valence-corrected chi connectivity index (χ4v) is 1.69. The molecule has 18 heavy (non-hydrogen) atoms. The summed E-state index contributed by atoms with van der Waals surface area (Å²) in [6, 6.07) is 2.06. The van der Waals surface area contributed by atoms with Crippen molar-refractivity contribution in [1.29, 1.82) is 0 Å². The van der Waals surface area contributed by atoms with Crippen LogP contribution in [-0.4, -0.2) is 36.7 Å². The first kappa shape index (κ1) is 15.2. The van der Waals surface area contributed by atoms with Crippen LogP contribution in [0, 0.1) is 5.92 Å². The maximum absolute atomic E-state index is 5.29. The van der Waals surface area contributed by atoms with Crippen molar-refractivity contribution in [3.63, 3.8) is 0 Å². The van der Waals surface area contributed by atoms with Gasteiger partial charge in [-0.05, 0) is 19.5 Å². The first-order valence-corrected chi connectivity index (χ1v) is 6.83. The highest BCUT2D eigenvalue weighted by atomic mass is 16.5. The molecule has 4 nitrogen and oxygen atoms in total. The molecule has 0 radical (unpaired) electrons. The van der Waals surface area contributed by atoms with Gasteiger partial charge in [0.15, 0.2) is 0 Å². The average molecular weight is 253 g/mol. The minimum absolute atomic E-state index is 0.407. The van der Waals surface area contributed by atoms with E-state index < -0.39 is 0 Å². The van der Waals surface area contributed by atoms with Crippen molar-refractivity contribution in [2.24, 2.45) is 5.92 Å². The summed E-state index contributed by atoms with van der Waals surface area (Å²) in [5, 5.41) is 7.54. The average Bonchev–Trinajstić information content (AvgIpc) is 2.72. The summed E-state index contributed by atoms with van der Waals surface area (Å²) >= 11 is 0. The molecule has 0 amide bonds. The zero-order chi connectivity index (χ0) is 13.5. The summed E-state index contributed by atoms with van der Waals surface area (Å²) in [4.78, 5) is 2.26. The van der Waals surface area contributed by atoms with E-state index in [2.05, 4.69) is 56.2 Å². The second kappa shape index (κ2) is 7.54. The van der Waals surface area contributed by atoms with E-state index in [9.17, 15) is 0 Å². The zero-order valence-electron chi connectivity index (χ0n) is 12.4. The van der Waals surface area contributed by atoms with E-state index in [1.165, 1.54) is 0 Å². The highest BCUT2D eigenvalue weighted by Crippen LogP contribution is 2.15. The molecule has 0 aromatic carbocycles. The van der Waals surface area contributed by atoms with Crippen LogP contribution in [0.5, 0.6) is 0 Å². The summed E-state index contributed by atoms with van der Waals surface area (Å²) in [5.41, 5.74) is 1.02. The first-order chi connectivity index (χ1) is 8.49. The predicted octanol–water partition coefficient (Wildman–Crippen LogP) is 2.48. The molecule has 4 heteroatoms. The normalized spacial score (nSPS) is 12.0. The Morgan fingerprint density at radius 1 is 1.33 bits per heavy atom. The molecule has 104 valence electrons. The molecule has 1 aromatic heterocycles. The predicted molar refractivity (Wildman–Crippen MR) is 74.6 cm³/mol. The van der Waals surface area contributed by atoms with Crippen LogP contribution >= 0.6 is 0 Å². The zero-order valence-corrected chi connectivity index (χ0v) is 12.4. The van der Waals surface area contributed by atoms with Crippen molar-refractivity contribution in [3.05, 3.63) is 17.5 Å². The van der Waals surface area contributed by atoms with Crippen molar-refractivity contribution in [2.75, 3.05) is 26.7 Å².